The van der Waals surface area contributed by atoms with Crippen LogP contribution in [0.5, 0.6) is 0 Å². The van der Waals surface area contributed by atoms with Crippen LogP contribution >= 0.6 is 0 Å². The molecule has 0 radical (unpaired) electrons. The van der Waals surface area contributed by atoms with Crippen LogP contribution in [0, 0.1) is 5.92 Å². The molecule has 0 aliphatic rings. The first-order valence-electron chi connectivity index (χ1n) is 12.6. The Labute approximate surface area is 186 Å². The molecule has 0 heterocycles. The molecule has 0 saturated heterocycles. The van der Waals surface area contributed by atoms with E-state index in [1.54, 1.807) is 0 Å². The van der Waals surface area contributed by atoms with Crippen LogP contribution in [-0.4, -0.2) is 67.1 Å². The normalized spacial score (nSPS) is 13.8. The van der Waals surface area contributed by atoms with E-state index >= 15 is 0 Å². The highest BCUT2D eigenvalue weighted by Gasteiger charge is 2.17. The Kier molecular flexibility index (Phi) is 23.2. The van der Waals surface area contributed by atoms with Crippen molar-refractivity contribution in [2.45, 2.75) is 110 Å². The summed E-state index contributed by atoms with van der Waals surface area (Å²) >= 11 is 0. The van der Waals surface area contributed by atoms with Crippen LogP contribution in [0.1, 0.15) is 97.3 Å². The van der Waals surface area contributed by atoms with Gasteiger partial charge in [-0.05, 0) is 12.3 Å². The van der Waals surface area contributed by atoms with Crippen LogP contribution in [-0.2, 0) is 4.74 Å². The van der Waals surface area contributed by atoms with Gasteiger partial charge in [0.15, 0.2) is 0 Å². The molecule has 0 bridgehead atoms. The van der Waals surface area contributed by atoms with Crippen molar-refractivity contribution in [3.8, 4) is 0 Å². The number of hydrogen-bond acceptors (Lipinski definition) is 6. The zero-order valence-corrected chi connectivity index (χ0v) is 19.9. The minimum Gasteiger partial charge on any atom is -0.395 e. The van der Waals surface area contributed by atoms with Gasteiger partial charge in [-0.3, -0.25) is 10.6 Å². The van der Waals surface area contributed by atoms with E-state index in [4.69, 9.17) is 14.9 Å². The fourth-order valence-electron chi connectivity index (χ4n) is 3.72. The summed E-state index contributed by atoms with van der Waals surface area (Å²) in [6.45, 7) is 6.38. The number of hydrogen-bond donors (Lipinski definition) is 5. The van der Waals surface area contributed by atoms with Gasteiger partial charge in [0.2, 0.25) is 0 Å². The van der Waals surface area contributed by atoms with E-state index in [9.17, 15) is 5.11 Å². The minimum atomic E-state index is -0.710. The molecule has 0 fully saturated rings. The van der Waals surface area contributed by atoms with Crippen molar-refractivity contribution in [1.82, 2.24) is 10.6 Å². The van der Waals surface area contributed by atoms with Crippen LogP contribution in [0.25, 0.3) is 0 Å². The largest absolute Gasteiger partial charge is 0.395 e. The highest BCUT2D eigenvalue weighted by Crippen LogP contribution is 2.17. The van der Waals surface area contributed by atoms with Crippen molar-refractivity contribution < 1.29 is 20.1 Å². The third kappa shape index (κ3) is 19.7. The second kappa shape index (κ2) is 23.4. The smallest absolute Gasteiger partial charge is 0.106 e. The summed E-state index contributed by atoms with van der Waals surface area (Å²) in [5.41, 5.74) is 0. The fourth-order valence-corrected chi connectivity index (χ4v) is 3.72. The van der Waals surface area contributed by atoms with Crippen LogP contribution in [0.4, 0.5) is 0 Å². The molecule has 0 rings (SSSR count). The standard InChI is InChI=1S/C24H52N2O4/c1-3-4-14-22(2)15-12-10-8-6-5-7-9-11-13-20-30-21-23(29)24(25-16-18-27)26-17-19-28/h22-29H,3-21H2,1-2H3. The zero-order valence-electron chi connectivity index (χ0n) is 19.9. The van der Waals surface area contributed by atoms with E-state index in [0.29, 0.717) is 19.7 Å². The first-order valence-corrected chi connectivity index (χ1v) is 12.6. The molecule has 6 nitrogen and oxygen atoms in total. The predicted octanol–water partition coefficient (Wildman–Crippen LogP) is 3.58. The lowest BCUT2D eigenvalue weighted by molar-refractivity contribution is 0.00646. The topological polar surface area (TPSA) is 94.0 Å². The lowest BCUT2D eigenvalue weighted by atomic mass is 9.97. The first-order chi connectivity index (χ1) is 14.7. The van der Waals surface area contributed by atoms with Crippen molar-refractivity contribution >= 4 is 0 Å². The van der Waals surface area contributed by atoms with E-state index in [0.717, 1.165) is 12.3 Å². The number of aliphatic hydroxyl groups excluding tert-OH is 3. The van der Waals surface area contributed by atoms with Crippen LogP contribution < -0.4 is 10.6 Å². The van der Waals surface area contributed by atoms with Crippen molar-refractivity contribution in [2.24, 2.45) is 5.92 Å². The summed E-state index contributed by atoms with van der Waals surface area (Å²) < 4.78 is 5.60. The lowest BCUT2D eigenvalue weighted by Gasteiger charge is -2.24. The Bertz CT molecular complexity index is 326. The fraction of sp³-hybridized carbons (Fsp3) is 1.00. The lowest BCUT2D eigenvalue weighted by Crippen LogP contribution is -2.53. The maximum atomic E-state index is 10.2. The molecule has 6 heteroatoms. The molecular formula is C24H52N2O4. The van der Waals surface area contributed by atoms with Crippen LogP contribution in [0.15, 0.2) is 0 Å². The van der Waals surface area contributed by atoms with Crippen molar-refractivity contribution in [3.63, 3.8) is 0 Å². The minimum absolute atomic E-state index is 0.00311. The Morgan fingerprint density at radius 2 is 1.23 bits per heavy atom. The van der Waals surface area contributed by atoms with Gasteiger partial charge >= 0.3 is 0 Å². The highest BCUT2D eigenvalue weighted by atomic mass is 16.5. The zero-order chi connectivity index (χ0) is 22.3. The Balaban J connectivity index is 3.44. The second-order valence-electron chi connectivity index (χ2n) is 8.69. The van der Waals surface area contributed by atoms with E-state index in [2.05, 4.69) is 24.5 Å². The molecule has 0 aliphatic carbocycles. The molecule has 5 N–H and O–H groups in total. The third-order valence-electron chi connectivity index (χ3n) is 5.66. The molecule has 0 aromatic carbocycles. The van der Waals surface area contributed by atoms with Gasteiger partial charge in [-0.1, -0.05) is 90.9 Å². The summed E-state index contributed by atoms with van der Waals surface area (Å²) in [4.78, 5) is 0. The molecule has 30 heavy (non-hydrogen) atoms. The van der Waals surface area contributed by atoms with Gasteiger partial charge in [-0.15, -0.1) is 0 Å². The van der Waals surface area contributed by atoms with E-state index in [1.165, 1.54) is 77.0 Å². The number of unbranched alkanes of at least 4 members (excludes halogenated alkanes) is 9. The number of ether oxygens (including phenoxy) is 1. The molecule has 0 amide bonds. The first kappa shape index (κ1) is 29.8. The summed E-state index contributed by atoms with van der Waals surface area (Å²) in [5, 5.41) is 34.0. The number of aliphatic hydroxyl groups is 3. The van der Waals surface area contributed by atoms with Gasteiger partial charge in [-0.2, -0.15) is 0 Å². The predicted molar refractivity (Wildman–Crippen MR) is 126 cm³/mol. The molecule has 0 aromatic rings. The molecule has 0 aliphatic heterocycles. The number of rotatable bonds is 24. The Morgan fingerprint density at radius 3 is 1.77 bits per heavy atom. The molecule has 2 atom stereocenters. The highest BCUT2D eigenvalue weighted by molar-refractivity contribution is 4.73. The average Bonchev–Trinajstić information content (AvgIpc) is 2.75. The SMILES string of the molecule is CCCCC(C)CCCCCCCCCCCOCC(O)C(NCCO)NCCO. The maximum Gasteiger partial charge on any atom is 0.106 e. The van der Waals surface area contributed by atoms with Gasteiger partial charge in [-0.25, -0.2) is 0 Å². The summed E-state index contributed by atoms with van der Waals surface area (Å²) in [5.74, 6) is 0.910. The molecule has 182 valence electrons. The molecule has 0 spiro atoms. The summed E-state index contributed by atoms with van der Waals surface area (Å²) in [6, 6.07) is 0. The average molecular weight is 433 g/mol. The van der Waals surface area contributed by atoms with Crippen LogP contribution in [0.3, 0.4) is 0 Å². The summed E-state index contributed by atoms with van der Waals surface area (Å²) in [7, 11) is 0. The van der Waals surface area contributed by atoms with Crippen molar-refractivity contribution in [2.75, 3.05) is 39.5 Å². The number of nitrogens with one attached hydrogen (secondary N) is 2. The van der Waals surface area contributed by atoms with Gasteiger partial charge in [0.25, 0.3) is 0 Å². The Morgan fingerprint density at radius 1 is 0.733 bits per heavy atom. The van der Waals surface area contributed by atoms with E-state index in [1.807, 2.05) is 0 Å². The van der Waals surface area contributed by atoms with Gasteiger partial charge in [0, 0.05) is 19.7 Å². The summed E-state index contributed by atoms with van der Waals surface area (Å²) in [6.07, 6.45) is 16.1. The van der Waals surface area contributed by atoms with Gasteiger partial charge < -0.3 is 20.1 Å². The van der Waals surface area contributed by atoms with E-state index < -0.39 is 6.10 Å². The Hall–Kier alpha value is -0.240. The van der Waals surface area contributed by atoms with Gasteiger partial charge in [0.05, 0.1) is 26.0 Å². The third-order valence-corrected chi connectivity index (χ3v) is 5.66. The van der Waals surface area contributed by atoms with Crippen LogP contribution in [0.2, 0.25) is 0 Å². The quantitative estimate of drug-likeness (QED) is 0.118. The maximum absolute atomic E-state index is 10.2. The molecule has 0 saturated carbocycles. The molecular weight excluding hydrogens is 380 g/mol. The van der Waals surface area contributed by atoms with Crippen molar-refractivity contribution in [3.05, 3.63) is 0 Å². The second-order valence-corrected chi connectivity index (χ2v) is 8.69. The van der Waals surface area contributed by atoms with Crippen molar-refractivity contribution in [1.29, 1.82) is 0 Å². The monoisotopic (exact) mass is 432 g/mol. The molecule has 0 aromatic heterocycles. The van der Waals surface area contributed by atoms with E-state index in [-0.39, 0.29) is 26.0 Å². The molecule has 2 unspecified atom stereocenters. The van der Waals surface area contributed by atoms with Gasteiger partial charge in [0.1, 0.15) is 6.10 Å².